The van der Waals surface area contributed by atoms with Gasteiger partial charge in [-0.15, -0.1) is 0 Å². The van der Waals surface area contributed by atoms with Crippen molar-refractivity contribution < 1.29 is 8.42 Å². The Bertz CT molecular complexity index is 537. The first-order valence-electron chi connectivity index (χ1n) is 7.01. The molecule has 0 aliphatic carbocycles. The lowest BCUT2D eigenvalue weighted by atomic mass is 10.1. The molecule has 6 heteroatoms. The van der Waals surface area contributed by atoms with Crippen LogP contribution < -0.4 is 10.2 Å². The van der Waals surface area contributed by atoms with E-state index in [2.05, 4.69) is 29.3 Å². The van der Waals surface area contributed by atoms with Crippen molar-refractivity contribution in [3.05, 3.63) is 29.8 Å². The Morgan fingerprint density at radius 3 is 2.40 bits per heavy atom. The van der Waals surface area contributed by atoms with E-state index in [9.17, 15) is 8.42 Å². The van der Waals surface area contributed by atoms with Gasteiger partial charge in [0, 0.05) is 38.4 Å². The quantitative estimate of drug-likeness (QED) is 0.876. The Morgan fingerprint density at radius 2 is 1.80 bits per heavy atom. The van der Waals surface area contributed by atoms with Gasteiger partial charge in [0.1, 0.15) is 0 Å². The molecule has 2 rings (SSSR count). The van der Waals surface area contributed by atoms with E-state index in [0.717, 1.165) is 26.2 Å². The summed E-state index contributed by atoms with van der Waals surface area (Å²) >= 11 is 0. The summed E-state index contributed by atoms with van der Waals surface area (Å²) in [6.07, 6.45) is 1.28. The highest BCUT2D eigenvalue weighted by molar-refractivity contribution is 7.88. The van der Waals surface area contributed by atoms with Crippen molar-refractivity contribution in [2.24, 2.45) is 0 Å². The molecular weight excluding hydrogens is 274 g/mol. The summed E-state index contributed by atoms with van der Waals surface area (Å²) in [5.41, 5.74) is 2.48. The van der Waals surface area contributed by atoms with Crippen molar-refractivity contribution in [2.75, 3.05) is 43.9 Å². The number of hydrogen-bond acceptors (Lipinski definition) is 4. The van der Waals surface area contributed by atoms with Gasteiger partial charge < -0.3 is 10.2 Å². The minimum Gasteiger partial charge on any atom is -0.369 e. The van der Waals surface area contributed by atoms with Crippen LogP contribution >= 0.6 is 0 Å². The van der Waals surface area contributed by atoms with Crippen LogP contribution in [0.15, 0.2) is 24.3 Å². The molecule has 1 saturated heterocycles. The maximum absolute atomic E-state index is 11.5. The third kappa shape index (κ3) is 3.71. The van der Waals surface area contributed by atoms with Crippen molar-refractivity contribution in [3.8, 4) is 0 Å². The van der Waals surface area contributed by atoms with Gasteiger partial charge in [0.25, 0.3) is 0 Å². The molecule has 0 unspecified atom stereocenters. The summed E-state index contributed by atoms with van der Waals surface area (Å²) in [5, 5.41) is 3.34. The SMILES string of the molecule is CCNCc1ccccc1N1CCN(S(C)(=O)=O)CC1. The fraction of sp³-hybridized carbons (Fsp3) is 0.571. The summed E-state index contributed by atoms with van der Waals surface area (Å²) < 4.78 is 24.6. The first-order valence-corrected chi connectivity index (χ1v) is 8.86. The second-order valence-electron chi connectivity index (χ2n) is 5.06. The van der Waals surface area contributed by atoms with Gasteiger partial charge in [-0.3, -0.25) is 0 Å². The minimum absolute atomic E-state index is 0.564. The summed E-state index contributed by atoms with van der Waals surface area (Å²) in [4.78, 5) is 2.27. The average Bonchev–Trinajstić information content (AvgIpc) is 2.45. The van der Waals surface area contributed by atoms with Gasteiger partial charge in [0.05, 0.1) is 6.26 Å². The fourth-order valence-electron chi connectivity index (χ4n) is 2.49. The molecule has 1 aliphatic rings. The van der Waals surface area contributed by atoms with Crippen molar-refractivity contribution in [2.45, 2.75) is 13.5 Å². The van der Waals surface area contributed by atoms with Crippen LogP contribution in [-0.2, 0) is 16.6 Å². The monoisotopic (exact) mass is 297 g/mol. The molecule has 1 aliphatic heterocycles. The number of nitrogens with one attached hydrogen (secondary N) is 1. The molecule has 0 aromatic heterocycles. The maximum atomic E-state index is 11.5. The number of benzene rings is 1. The topological polar surface area (TPSA) is 52.6 Å². The van der Waals surface area contributed by atoms with E-state index in [1.165, 1.54) is 17.5 Å². The Morgan fingerprint density at radius 1 is 1.15 bits per heavy atom. The Balaban J connectivity index is 2.07. The van der Waals surface area contributed by atoms with E-state index in [1.54, 1.807) is 4.31 Å². The van der Waals surface area contributed by atoms with Crippen LogP contribution in [0.2, 0.25) is 0 Å². The molecule has 0 bridgehead atoms. The van der Waals surface area contributed by atoms with E-state index in [0.29, 0.717) is 13.1 Å². The fourth-order valence-corrected chi connectivity index (χ4v) is 3.32. The number of sulfonamides is 1. The van der Waals surface area contributed by atoms with Gasteiger partial charge >= 0.3 is 0 Å². The highest BCUT2D eigenvalue weighted by Crippen LogP contribution is 2.22. The Labute approximate surface area is 121 Å². The molecule has 1 fully saturated rings. The van der Waals surface area contributed by atoms with Crippen molar-refractivity contribution in [1.82, 2.24) is 9.62 Å². The first-order chi connectivity index (χ1) is 9.52. The number of anilines is 1. The third-order valence-electron chi connectivity index (χ3n) is 3.61. The second-order valence-corrected chi connectivity index (χ2v) is 7.04. The van der Waals surface area contributed by atoms with Crippen LogP contribution in [0.1, 0.15) is 12.5 Å². The normalized spacial score (nSPS) is 17.4. The van der Waals surface area contributed by atoms with Crippen LogP contribution in [0.5, 0.6) is 0 Å². The number of piperazine rings is 1. The molecule has 20 heavy (non-hydrogen) atoms. The second kappa shape index (κ2) is 6.56. The van der Waals surface area contributed by atoms with Gasteiger partial charge in [-0.2, -0.15) is 4.31 Å². The predicted octanol–water partition coefficient (Wildman–Crippen LogP) is 0.878. The smallest absolute Gasteiger partial charge is 0.211 e. The van der Waals surface area contributed by atoms with Gasteiger partial charge in [0.2, 0.25) is 10.0 Å². The van der Waals surface area contributed by atoms with E-state index >= 15 is 0 Å². The zero-order chi connectivity index (χ0) is 14.6. The van der Waals surface area contributed by atoms with Gasteiger partial charge in [0.15, 0.2) is 0 Å². The molecule has 1 aromatic rings. The number of rotatable bonds is 5. The standard InChI is InChI=1S/C14H23N3O2S/c1-3-15-12-13-6-4-5-7-14(13)16-8-10-17(11-9-16)20(2,18)19/h4-7,15H,3,8-12H2,1-2H3. The third-order valence-corrected chi connectivity index (χ3v) is 4.91. The van der Waals surface area contributed by atoms with E-state index in [4.69, 9.17) is 0 Å². The summed E-state index contributed by atoms with van der Waals surface area (Å²) in [5.74, 6) is 0. The van der Waals surface area contributed by atoms with Crippen molar-refractivity contribution >= 4 is 15.7 Å². The van der Waals surface area contributed by atoms with Gasteiger partial charge in [-0.25, -0.2) is 8.42 Å². The van der Waals surface area contributed by atoms with Crippen LogP contribution in [0.4, 0.5) is 5.69 Å². The molecule has 1 heterocycles. The van der Waals surface area contributed by atoms with Gasteiger partial charge in [-0.05, 0) is 18.2 Å². The highest BCUT2D eigenvalue weighted by Gasteiger charge is 2.24. The highest BCUT2D eigenvalue weighted by atomic mass is 32.2. The molecule has 1 aromatic carbocycles. The maximum Gasteiger partial charge on any atom is 0.211 e. The number of hydrogen-bond donors (Lipinski definition) is 1. The molecule has 112 valence electrons. The number of para-hydroxylation sites is 1. The van der Waals surface area contributed by atoms with E-state index in [-0.39, 0.29) is 0 Å². The van der Waals surface area contributed by atoms with Crippen LogP contribution in [0.3, 0.4) is 0 Å². The lowest BCUT2D eigenvalue weighted by Gasteiger charge is -2.35. The molecule has 5 nitrogen and oxygen atoms in total. The van der Waals surface area contributed by atoms with Crippen molar-refractivity contribution in [3.63, 3.8) is 0 Å². The molecular formula is C14H23N3O2S. The zero-order valence-corrected chi connectivity index (χ0v) is 13.0. The lowest BCUT2D eigenvalue weighted by Crippen LogP contribution is -2.48. The lowest BCUT2D eigenvalue weighted by molar-refractivity contribution is 0.387. The summed E-state index contributed by atoms with van der Waals surface area (Å²) in [6.45, 7) is 6.50. The van der Waals surface area contributed by atoms with Crippen LogP contribution in [0, 0.1) is 0 Å². The van der Waals surface area contributed by atoms with Crippen molar-refractivity contribution in [1.29, 1.82) is 0 Å². The number of nitrogens with zero attached hydrogens (tertiary/aromatic N) is 2. The largest absolute Gasteiger partial charge is 0.369 e. The molecule has 0 saturated carbocycles. The van der Waals surface area contributed by atoms with E-state index in [1.807, 2.05) is 12.1 Å². The Kier molecular flexibility index (Phi) is 5.01. The average molecular weight is 297 g/mol. The van der Waals surface area contributed by atoms with Crippen LogP contribution in [-0.4, -0.2) is 51.7 Å². The molecule has 0 amide bonds. The molecule has 0 spiro atoms. The van der Waals surface area contributed by atoms with Gasteiger partial charge in [-0.1, -0.05) is 25.1 Å². The zero-order valence-electron chi connectivity index (χ0n) is 12.2. The minimum atomic E-state index is -3.06. The van der Waals surface area contributed by atoms with Crippen LogP contribution in [0.25, 0.3) is 0 Å². The first kappa shape index (κ1) is 15.3. The molecule has 1 N–H and O–H groups in total. The Hall–Kier alpha value is -1.11. The predicted molar refractivity (Wildman–Crippen MR) is 82.5 cm³/mol. The summed E-state index contributed by atoms with van der Waals surface area (Å²) in [6, 6.07) is 8.32. The molecule has 0 atom stereocenters. The van der Waals surface area contributed by atoms with E-state index < -0.39 is 10.0 Å². The summed E-state index contributed by atoms with van der Waals surface area (Å²) in [7, 11) is -3.06. The molecule has 0 radical (unpaired) electrons.